The van der Waals surface area contributed by atoms with Crippen molar-refractivity contribution in [2.75, 3.05) is 0 Å². The Bertz CT molecular complexity index is 634. The van der Waals surface area contributed by atoms with Gasteiger partial charge in [0.2, 0.25) is 0 Å². The van der Waals surface area contributed by atoms with E-state index in [2.05, 4.69) is 25.9 Å². The van der Waals surface area contributed by atoms with Crippen LogP contribution in [-0.2, 0) is 4.79 Å². The molecule has 18 heavy (non-hydrogen) atoms. The Morgan fingerprint density at radius 3 is 2.94 bits per heavy atom. The van der Waals surface area contributed by atoms with Crippen molar-refractivity contribution in [3.8, 4) is 0 Å². The highest BCUT2D eigenvalue weighted by molar-refractivity contribution is 9.10. The van der Waals surface area contributed by atoms with Crippen LogP contribution in [0.4, 0.5) is 0 Å². The van der Waals surface area contributed by atoms with Crippen LogP contribution in [0.1, 0.15) is 37.5 Å². The number of rotatable bonds is 3. The molecular weight excluding hydrogens is 298 g/mol. The Kier molecular flexibility index (Phi) is 2.62. The molecule has 1 unspecified atom stereocenters. The zero-order valence-electron chi connectivity index (χ0n) is 9.80. The topological polar surface area (TPSA) is 68.0 Å². The van der Waals surface area contributed by atoms with Crippen LogP contribution in [0.2, 0.25) is 0 Å². The Morgan fingerprint density at radius 2 is 2.33 bits per heavy atom. The third kappa shape index (κ3) is 1.80. The fourth-order valence-corrected chi connectivity index (χ4v) is 2.42. The Morgan fingerprint density at radius 1 is 1.61 bits per heavy atom. The molecule has 6 heteroatoms. The maximum Gasteiger partial charge on any atom is 0.326 e. The second-order valence-electron chi connectivity index (χ2n) is 4.62. The molecule has 2 aromatic heterocycles. The Hall–Kier alpha value is -1.43. The number of aliphatic carboxylic acids is 1. The highest BCUT2D eigenvalue weighted by Crippen LogP contribution is 2.41. The molecule has 2 aromatic rings. The van der Waals surface area contributed by atoms with E-state index in [-0.39, 0.29) is 0 Å². The summed E-state index contributed by atoms with van der Waals surface area (Å²) in [7, 11) is 0. The van der Waals surface area contributed by atoms with Crippen LogP contribution in [0.5, 0.6) is 0 Å². The Balaban J connectivity index is 2.24. The van der Waals surface area contributed by atoms with Gasteiger partial charge in [0.1, 0.15) is 17.4 Å². The molecule has 3 rings (SSSR count). The lowest BCUT2D eigenvalue weighted by molar-refractivity contribution is -0.140. The zero-order chi connectivity index (χ0) is 12.9. The fraction of sp³-hybridized carbons (Fsp3) is 0.417. The molecule has 5 nitrogen and oxygen atoms in total. The van der Waals surface area contributed by atoms with Gasteiger partial charge in [-0.05, 0) is 41.8 Å². The monoisotopic (exact) mass is 309 g/mol. The van der Waals surface area contributed by atoms with Crippen LogP contribution in [-0.4, -0.2) is 25.6 Å². The summed E-state index contributed by atoms with van der Waals surface area (Å²) in [4.78, 5) is 20.1. The number of nitrogens with zero attached hydrogens (tertiary/aromatic N) is 3. The summed E-state index contributed by atoms with van der Waals surface area (Å²) in [5, 5.41) is 9.21. The number of carbonyl (C=O) groups is 1. The van der Waals surface area contributed by atoms with Crippen LogP contribution < -0.4 is 0 Å². The summed E-state index contributed by atoms with van der Waals surface area (Å²) >= 11 is 3.36. The molecule has 2 heterocycles. The number of fused-ring (bicyclic) bond motifs is 1. The summed E-state index contributed by atoms with van der Waals surface area (Å²) in [6.45, 7) is 1.67. The van der Waals surface area contributed by atoms with Gasteiger partial charge in [0.15, 0.2) is 5.65 Å². The van der Waals surface area contributed by atoms with Gasteiger partial charge in [-0.2, -0.15) is 0 Å². The van der Waals surface area contributed by atoms with E-state index in [1.165, 1.54) is 0 Å². The molecule has 1 N–H and O–H groups in total. The molecule has 0 aromatic carbocycles. The van der Waals surface area contributed by atoms with Gasteiger partial charge in [0, 0.05) is 16.6 Å². The smallest absolute Gasteiger partial charge is 0.326 e. The molecule has 0 bridgehead atoms. The van der Waals surface area contributed by atoms with E-state index in [1.807, 2.05) is 6.07 Å². The van der Waals surface area contributed by atoms with Crippen LogP contribution in [0.15, 0.2) is 16.7 Å². The van der Waals surface area contributed by atoms with Crippen LogP contribution in [0.3, 0.4) is 0 Å². The van der Waals surface area contributed by atoms with Crippen molar-refractivity contribution < 1.29 is 9.90 Å². The number of pyridine rings is 1. The van der Waals surface area contributed by atoms with Crippen LogP contribution in [0.25, 0.3) is 11.2 Å². The van der Waals surface area contributed by atoms with Gasteiger partial charge >= 0.3 is 5.97 Å². The first-order valence-electron chi connectivity index (χ1n) is 5.84. The number of halogens is 1. The highest BCUT2D eigenvalue weighted by Gasteiger charge is 2.32. The van der Waals surface area contributed by atoms with Gasteiger partial charge < -0.3 is 5.11 Å². The maximum absolute atomic E-state index is 11.2. The summed E-state index contributed by atoms with van der Waals surface area (Å²) in [6.07, 6.45) is 3.83. The summed E-state index contributed by atoms with van der Waals surface area (Å²) < 4.78 is 2.60. The maximum atomic E-state index is 11.2. The second kappa shape index (κ2) is 4.05. The largest absolute Gasteiger partial charge is 0.480 e. The predicted molar refractivity (Wildman–Crippen MR) is 69.5 cm³/mol. The van der Waals surface area contributed by atoms with Crippen molar-refractivity contribution in [3.05, 3.63) is 22.6 Å². The van der Waals surface area contributed by atoms with E-state index >= 15 is 0 Å². The normalized spacial score (nSPS) is 17.0. The van der Waals surface area contributed by atoms with E-state index in [0.717, 1.165) is 28.7 Å². The quantitative estimate of drug-likeness (QED) is 0.946. The molecule has 94 valence electrons. The van der Waals surface area contributed by atoms with Crippen molar-refractivity contribution in [1.82, 2.24) is 14.5 Å². The molecule has 0 aliphatic heterocycles. The van der Waals surface area contributed by atoms with Crippen molar-refractivity contribution in [3.63, 3.8) is 0 Å². The first kappa shape index (κ1) is 11.6. The Labute approximate surface area is 112 Å². The number of carboxylic acids is 1. The number of hydrogen-bond donors (Lipinski definition) is 1. The first-order valence-corrected chi connectivity index (χ1v) is 6.63. The number of hydrogen-bond acceptors (Lipinski definition) is 3. The number of imidazole rings is 1. The van der Waals surface area contributed by atoms with Crippen LogP contribution >= 0.6 is 15.9 Å². The van der Waals surface area contributed by atoms with E-state index < -0.39 is 12.0 Å². The van der Waals surface area contributed by atoms with Gasteiger partial charge in [-0.25, -0.2) is 14.8 Å². The molecule has 0 amide bonds. The molecule has 1 aliphatic carbocycles. The lowest BCUT2D eigenvalue weighted by atomic mass is 10.3. The SMILES string of the molecule is CC(C(=O)O)n1c(C2CC2)nc2cc(Br)cnc21. The zero-order valence-corrected chi connectivity index (χ0v) is 11.4. The lowest BCUT2D eigenvalue weighted by Gasteiger charge is -2.12. The standard InChI is InChI=1S/C12H12BrN3O2/c1-6(12(17)18)16-10(7-2-3-7)15-9-4-8(13)5-14-11(9)16/h4-7H,2-3H2,1H3,(H,17,18). The minimum absolute atomic E-state index is 0.389. The molecule has 0 spiro atoms. The van der Waals surface area contributed by atoms with Gasteiger partial charge in [-0.15, -0.1) is 0 Å². The number of carboxylic acid groups (broad SMARTS) is 1. The van der Waals surface area contributed by atoms with Crippen molar-refractivity contribution >= 4 is 33.1 Å². The molecule has 1 saturated carbocycles. The van der Waals surface area contributed by atoms with Gasteiger partial charge in [-0.1, -0.05) is 0 Å². The lowest BCUT2D eigenvalue weighted by Crippen LogP contribution is -2.18. The first-order chi connectivity index (χ1) is 8.58. The molecular formula is C12H12BrN3O2. The summed E-state index contributed by atoms with van der Waals surface area (Å²) in [5.41, 5.74) is 1.40. The molecule has 1 aliphatic rings. The van der Waals surface area contributed by atoms with Crippen molar-refractivity contribution in [1.29, 1.82) is 0 Å². The van der Waals surface area contributed by atoms with E-state index in [0.29, 0.717) is 11.6 Å². The van der Waals surface area contributed by atoms with Crippen molar-refractivity contribution in [2.24, 2.45) is 0 Å². The van der Waals surface area contributed by atoms with Crippen molar-refractivity contribution in [2.45, 2.75) is 31.7 Å². The van der Waals surface area contributed by atoms with Gasteiger partial charge in [-0.3, -0.25) is 4.57 Å². The summed E-state index contributed by atoms with van der Waals surface area (Å²) in [5.74, 6) is 0.381. The van der Waals surface area contributed by atoms with E-state index in [9.17, 15) is 9.90 Å². The van der Waals surface area contributed by atoms with E-state index in [1.54, 1.807) is 17.7 Å². The average molecular weight is 310 g/mol. The molecule has 0 radical (unpaired) electrons. The summed E-state index contributed by atoms with van der Waals surface area (Å²) in [6, 6.07) is 1.23. The second-order valence-corrected chi connectivity index (χ2v) is 5.54. The molecule has 1 atom stereocenters. The predicted octanol–water partition coefficient (Wildman–Crippen LogP) is 2.72. The van der Waals surface area contributed by atoms with Gasteiger partial charge in [0.25, 0.3) is 0 Å². The average Bonchev–Trinajstić information content (AvgIpc) is 3.09. The minimum Gasteiger partial charge on any atom is -0.480 e. The fourth-order valence-electron chi connectivity index (χ4n) is 2.10. The molecule has 0 saturated heterocycles. The van der Waals surface area contributed by atoms with E-state index in [4.69, 9.17) is 0 Å². The minimum atomic E-state index is -0.860. The third-order valence-electron chi connectivity index (χ3n) is 3.21. The molecule has 1 fully saturated rings. The highest BCUT2D eigenvalue weighted by atomic mass is 79.9. The number of aromatic nitrogens is 3. The third-order valence-corrected chi connectivity index (χ3v) is 3.64. The van der Waals surface area contributed by atoms with Gasteiger partial charge in [0.05, 0.1) is 0 Å². The van der Waals surface area contributed by atoms with Crippen LogP contribution in [0, 0.1) is 0 Å².